The molecule has 0 bridgehead atoms. The first kappa shape index (κ1) is 18.5. The molecule has 138 valence electrons. The van der Waals surface area contributed by atoms with Crippen LogP contribution in [0.4, 0.5) is 5.00 Å². The predicted octanol–water partition coefficient (Wildman–Crippen LogP) is 4.05. The Morgan fingerprint density at radius 2 is 1.88 bits per heavy atom. The Kier molecular flexibility index (Phi) is 5.32. The minimum absolute atomic E-state index is 0.280. The highest BCUT2D eigenvalue weighted by molar-refractivity contribution is 7.17. The molecule has 1 aliphatic rings. The van der Waals surface area contributed by atoms with Gasteiger partial charge in [0.2, 0.25) is 0 Å². The number of fused-ring (bicyclic) bond motifs is 1. The van der Waals surface area contributed by atoms with Crippen LogP contribution in [0.2, 0.25) is 0 Å². The number of anilines is 1. The van der Waals surface area contributed by atoms with Crippen LogP contribution in [0.15, 0.2) is 18.2 Å². The fraction of sp³-hybridized carbons (Fsp3) is 0.400. The number of aryl methyl sites for hydroxylation is 3. The third-order valence-corrected chi connectivity index (χ3v) is 5.83. The first-order valence-corrected chi connectivity index (χ1v) is 9.50. The lowest BCUT2D eigenvalue weighted by atomic mass is 10.1. The van der Waals surface area contributed by atoms with E-state index in [9.17, 15) is 9.59 Å². The molecule has 0 radical (unpaired) electrons. The lowest BCUT2D eigenvalue weighted by Crippen LogP contribution is -2.30. The molecule has 0 fully saturated rings. The van der Waals surface area contributed by atoms with Gasteiger partial charge in [-0.3, -0.25) is 4.79 Å². The molecule has 26 heavy (non-hydrogen) atoms. The Bertz CT molecular complexity index is 835. The highest BCUT2D eigenvalue weighted by Gasteiger charge is 2.29. The fourth-order valence-corrected chi connectivity index (χ4v) is 4.52. The van der Waals surface area contributed by atoms with Crippen LogP contribution in [-0.4, -0.2) is 25.1 Å². The molecule has 1 aliphatic carbocycles. The number of carbonyl (C=O) groups excluding carboxylic acids is 2. The summed E-state index contributed by atoms with van der Waals surface area (Å²) in [5, 5.41) is 3.43. The highest BCUT2D eigenvalue weighted by Crippen LogP contribution is 2.39. The molecule has 0 aliphatic heterocycles. The van der Waals surface area contributed by atoms with Gasteiger partial charge in [0.1, 0.15) is 10.8 Å². The molecule has 2 aromatic rings. The molecule has 3 rings (SSSR count). The highest BCUT2D eigenvalue weighted by atomic mass is 32.1. The summed E-state index contributed by atoms with van der Waals surface area (Å²) in [6.07, 6.45) is 2.14. The van der Waals surface area contributed by atoms with Gasteiger partial charge in [-0.25, -0.2) is 4.79 Å². The number of amides is 1. The van der Waals surface area contributed by atoms with Crippen molar-refractivity contribution in [1.29, 1.82) is 0 Å². The average molecular weight is 373 g/mol. The van der Waals surface area contributed by atoms with Gasteiger partial charge in [-0.05, 0) is 56.7 Å². The lowest BCUT2D eigenvalue weighted by molar-refractivity contribution is -0.122. The van der Waals surface area contributed by atoms with E-state index in [0.717, 1.165) is 46.6 Å². The summed E-state index contributed by atoms with van der Waals surface area (Å²) in [4.78, 5) is 26.0. The van der Waals surface area contributed by atoms with Crippen molar-refractivity contribution in [2.24, 2.45) is 0 Å². The van der Waals surface area contributed by atoms with Crippen molar-refractivity contribution in [3.8, 4) is 5.75 Å². The number of benzene rings is 1. The van der Waals surface area contributed by atoms with Crippen molar-refractivity contribution in [2.45, 2.75) is 46.1 Å². The maximum atomic E-state index is 12.6. The fourth-order valence-electron chi connectivity index (χ4n) is 3.24. The van der Waals surface area contributed by atoms with E-state index < -0.39 is 12.1 Å². The van der Waals surface area contributed by atoms with Gasteiger partial charge in [-0.2, -0.15) is 0 Å². The number of rotatable bonds is 5. The van der Waals surface area contributed by atoms with Crippen LogP contribution in [0.5, 0.6) is 5.75 Å². The van der Waals surface area contributed by atoms with Crippen LogP contribution in [0.25, 0.3) is 0 Å². The van der Waals surface area contributed by atoms with E-state index in [4.69, 9.17) is 9.47 Å². The SMILES string of the molecule is COC(=O)c1c(NC(=O)C(C)Oc2c(C)cccc2C)sc2c1CCC2. The van der Waals surface area contributed by atoms with Gasteiger partial charge in [0.05, 0.1) is 12.7 Å². The molecule has 1 unspecified atom stereocenters. The molecule has 1 amide bonds. The molecule has 0 spiro atoms. The molecule has 1 atom stereocenters. The van der Waals surface area contributed by atoms with Gasteiger partial charge in [-0.15, -0.1) is 11.3 Å². The van der Waals surface area contributed by atoms with Crippen LogP contribution >= 0.6 is 11.3 Å². The van der Waals surface area contributed by atoms with Gasteiger partial charge >= 0.3 is 5.97 Å². The maximum absolute atomic E-state index is 12.6. The van der Waals surface area contributed by atoms with Crippen molar-refractivity contribution in [3.63, 3.8) is 0 Å². The number of ether oxygens (including phenoxy) is 2. The number of esters is 1. The first-order valence-electron chi connectivity index (χ1n) is 8.69. The van der Waals surface area contributed by atoms with Crippen LogP contribution in [0.3, 0.4) is 0 Å². The summed E-state index contributed by atoms with van der Waals surface area (Å²) in [5.41, 5.74) is 3.48. The van der Waals surface area contributed by atoms with Gasteiger partial charge in [0.15, 0.2) is 6.10 Å². The minimum atomic E-state index is -0.683. The monoisotopic (exact) mass is 373 g/mol. The first-order chi connectivity index (χ1) is 12.4. The van der Waals surface area contributed by atoms with Crippen molar-refractivity contribution < 1.29 is 19.1 Å². The molecule has 6 heteroatoms. The van der Waals surface area contributed by atoms with Crippen molar-refractivity contribution in [1.82, 2.24) is 0 Å². The number of hydrogen-bond acceptors (Lipinski definition) is 5. The number of nitrogens with one attached hydrogen (secondary N) is 1. The quantitative estimate of drug-likeness (QED) is 0.803. The molecule has 1 aromatic carbocycles. The van der Waals surface area contributed by atoms with E-state index in [0.29, 0.717) is 10.6 Å². The van der Waals surface area contributed by atoms with Gasteiger partial charge in [0, 0.05) is 4.88 Å². The second-order valence-electron chi connectivity index (χ2n) is 6.52. The number of methoxy groups -OCH3 is 1. The Hall–Kier alpha value is -2.34. The van der Waals surface area contributed by atoms with Gasteiger partial charge < -0.3 is 14.8 Å². The molecule has 1 N–H and O–H groups in total. The van der Waals surface area contributed by atoms with E-state index in [1.807, 2.05) is 32.0 Å². The van der Waals surface area contributed by atoms with Crippen molar-refractivity contribution in [3.05, 3.63) is 45.3 Å². The van der Waals surface area contributed by atoms with Crippen LogP contribution in [0.1, 0.15) is 45.3 Å². The molecular weight excluding hydrogens is 350 g/mol. The summed E-state index contributed by atoms with van der Waals surface area (Å²) in [5.74, 6) is 0.0396. The molecule has 0 saturated carbocycles. The maximum Gasteiger partial charge on any atom is 0.341 e. The third-order valence-electron chi connectivity index (χ3n) is 4.62. The Labute approximate surface area is 157 Å². The van der Waals surface area contributed by atoms with Gasteiger partial charge in [0.25, 0.3) is 5.91 Å². The topological polar surface area (TPSA) is 64.6 Å². The van der Waals surface area contributed by atoms with E-state index in [1.54, 1.807) is 6.92 Å². The van der Waals surface area contributed by atoms with Gasteiger partial charge in [-0.1, -0.05) is 18.2 Å². The molecule has 1 aromatic heterocycles. The van der Waals surface area contributed by atoms with E-state index >= 15 is 0 Å². The van der Waals surface area contributed by atoms with Crippen LogP contribution in [-0.2, 0) is 22.4 Å². The summed E-state index contributed by atoms with van der Waals surface area (Å²) in [6.45, 7) is 5.61. The largest absolute Gasteiger partial charge is 0.480 e. The second kappa shape index (κ2) is 7.50. The van der Waals surface area contributed by atoms with Crippen molar-refractivity contribution in [2.75, 3.05) is 12.4 Å². The van der Waals surface area contributed by atoms with E-state index in [-0.39, 0.29) is 5.91 Å². The number of para-hydroxylation sites is 1. The molecule has 0 saturated heterocycles. The number of hydrogen-bond donors (Lipinski definition) is 1. The molecule has 5 nitrogen and oxygen atoms in total. The van der Waals surface area contributed by atoms with Crippen LogP contribution in [0, 0.1) is 13.8 Å². The molecule has 1 heterocycles. The number of carbonyl (C=O) groups is 2. The molecular formula is C20H23NO4S. The Morgan fingerprint density at radius 1 is 1.19 bits per heavy atom. The van der Waals surface area contributed by atoms with Crippen LogP contribution < -0.4 is 10.1 Å². The summed E-state index contributed by atoms with van der Waals surface area (Å²) in [6, 6.07) is 5.86. The summed E-state index contributed by atoms with van der Waals surface area (Å²) in [7, 11) is 1.36. The summed E-state index contributed by atoms with van der Waals surface area (Å²) >= 11 is 1.46. The average Bonchev–Trinajstić information content (AvgIpc) is 3.18. The minimum Gasteiger partial charge on any atom is -0.480 e. The van der Waals surface area contributed by atoms with E-state index in [2.05, 4.69) is 5.32 Å². The summed E-state index contributed by atoms with van der Waals surface area (Å²) < 4.78 is 10.8. The normalized spacial score (nSPS) is 13.8. The predicted molar refractivity (Wildman–Crippen MR) is 102 cm³/mol. The zero-order valence-electron chi connectivity index (χ0n) is 15.5. The second-order valence-corrected chi connectivity index (χ2v) is 7.63. The third kappa shape index (κ3) is 3.46. The lowest BCUT2D eigenvalue weighted by Gasteiger charge is -2.18. The number of thiophene rings is 1. The van der Waals surface area contributed by atoms with E-state index in [1.165, 1.54) is 18.4 Å². The zero-order chi connectivity index (χ0) is 18.8. The Balaban J connectivity index is 1.79. The Morgan fingerprint density at radius 3 is 2.54 bits per heavy atom. The zero-order valence-corrected chi connectivity index (χ0v) is 16.3. The van der Waals surface area contributed by atoms with Crippen molar-refractivity contribution >= 4 is 28.2 Å². The smallest absolute Gasteiger partial charge is 0.341 e. The standard InChI is InChI=1S/C20H23NO4S/c1-11-7-5-8-12(2)17(11)25-13(3)18(22)21-19-16(20(23)24-4)14-9-6-10-15(14)26-19/h5,7-8,13H,6,9-10H2,1-4H3,(H,21,22).